The first-order valence-corrected chi connectivity index (χ1v) is 10.4. The third kappa shape index (κ3) is 4.01. The smallest absolute Gasteiger partial charge is 0.341 e. The van der Waals surface area contributed by atoms with E-state index in [0.717, 1.165) is 10.0 Å². The molecule has 30 heavy (non-hydrogen) atoms. The minimum atomic E-state index is -0.547. The lowest BCUT2D eigenvalue weighted by atomic mass is 10.1. The van der Waals surface area contributed by atoms with Gasteiger partial charge in [0.1, 0.15) is 16.4 Å². The molecule has 0 bridgehead atoms. The van der Waals surface area contributed by atoms with Crippen LogP contribution in [0.25, 0.3) is 5.65 Å². The van der Waals surface area contributed by atoms with Crippen molar-refractivity contribution in [2.24, 2.45) is 0 Å². The summed E-state index contributed by atoms with van der Waals surface area (Å²) >= 11 is 16.4. The van der Waals surface area contributed by atoms with Crippen molar-refractivity contribution in [2.45, 2.75) is 6.42 Å². The summed E-state index contributed by atoms with van der Waals surface area (Å²) in [5, 5.41) is 12.3. The Kier molecular flexibility index (Phi) is 5.94. The summed E-state index contributed by atoms with van der Waals surface area (Å²) < 4.78 is 7.50. The summed E-state index contributed by atoms with van der Waals surface area (Å²) in [5.41, 5.74) is 2.65. The predicted molar refractivity (Wildman–Crippen MR) is 121 cm³/mol. The highest BCUT2D eigenvalue weighted by Crippen LogP contribution is 2.36. The van der Waals surface area contributed by atoms with Gasteiger partial charge in [-0.3, -0.25) is 4.40 Å². The number of nitrogens with zero attached hydrogens (tertiary/aromatic N) is 3. The Labute approximate surface area is 190 Å². The molecular weight excluding hydrogens is 491 g/mol. The number of benzene rings is 2. The van der Waals surface area contributed by atoms with E-state index in [2.05, 4.69) is 31.4 Å². The van der Waals surface area contributed by atoms with E-state index in [0.29, 0.717) is 34.3 Å². The highest BCUT2D eigenvalue weighted by molar-refractivity contribution is 9.10. The van der Waals surface area contributed by atoms with Crippen LogP contribution in [-0.4, -0.2) is 27.7 Å². The zero-order valence-electron chi connectivity index (χ0n) is 15.7. The molecule has 0 radical (unpaired) electrons. The molecule has 2 heterocycles. The number of pyridine rings is 1. The number of aromatic nitrogens is 3. The van der Waals surface area contributed by atoms with Gasteiger partial charge in [-0.2, -0.15) is 0 Å². The number of hydrogen-bond acceptors (Lipinski definition) is 5. The van der Waals surface area contributed by atoms with E-state index >= 15 is 0 Å². The fourth-order valence-corrected chi connectivity index (χ4v) is 4.04. The Balaban J connectivity index is 1.84. The van der Waals surface area contributed by atoms with Gasteiger partial charge in [0.05, 0.1) is 23.5 Å². The lowest BCUT2D eigenvalue weighted by Crippen LogP contribution is -2.10. The summed E-state index contributed by atoms with van der Waals surface area (Å²) in [6.07, 6.45) is 2.16. The molecule has 0 fully saturated rings. The number of anilines is 2. The molecule has 1 N–H and O–H groups in total. The van der Waals surface area contributed by atoms with Crippen molar-refractivity contribution in [1.29, 1.82) is 0 Å². The average molecular weight is 506 g/mol. The number of rotatable bonds is 5. The highest BCUT2D eigenvalue weighted by atomic mass is 79.9. The molecule has 152 valence electrons. The molecule has 2 aromatic carbocycles. The van der Waals surface area contributed by atoms with Crippen LogP contribution in [-0.2, 0) is 11.2 Å². The molecule has 0 spiro atoms. The molecule has 2 aromatic heterocycles. The van der Waals surface area contributed by atoms with Gasteiger partial charge in [0.2, 0.25) is 0 Å². The van der Waals surface area contributed by atoms with Crippen LogP contribution in [0.5, 0.6) is 0 Å². The molecule has 0 amide bonds. The number of nitrogens with one attached hydrogen (secondary N) is 1. The van der Waals surface area contributed by atoms with Gasteiger partial charge < -0.3 is 10.1 Å². The molecule has 0 aliphatic carbocycles. The number of halogens is 3. The molecule has 0 aliphatic heterocycles. The zero-order valence-corrected chi connectivity index (χ0v) is 18.8. The monoisotopic (exact) mass is 504 g/mol. The van der Waals surface area contributed by atoms with Crippen molar-refractivity contribution < 1.29 is 9.53 Å². The van der Waals surface area contributed by atoms with Gasteiger partial charge in [-0.15, -0.1) is 10.2 Å². The molecule has 0 aliphatic rings. The van der Waals surface area contributed by atoms with E-state index < -0.39 is 5.97 Å². The van der Waals surface area contributed by atoms with E-state index in [1.54, 1.807) is 22.7 Å². The van der Waals surface area contributed by atoms with Crippen LogP contribution in [0, 0.1) is 0 Å². The van der Waals surface area contributed by atoms with Crippen LogP contribution >= 0.6 is 39.1 Å². The molecule has 0 atom stereocenters. The number of esters is 1. The molecule has 0 unspecified atom stereocenters. The number of ether oxygens (including phenoxy) is 1. The van der Waals surface area contributed by atoms with E-state index in [9.17, 15) is 4.79 Å². The minimum absolute atomic E-state index is 0.239. The van der Waals surface area contributed by atoms with Crippen molar-refractivity contribution in [1.82, 2.24) is 14.6 Å². The normalized spacial score (nSPS) is 10.9. The summed E-state index contributed by atoms with van der Waals surface area (Å²) in [5.74, 6) is 0.102. The SMILES string of the molecule is COC(=O)c1cn2c(Cc3ccccc3)nnc2c(Cl)c1Nc1ccc(Br)cc1Cl. The molecule has 9 heteroatoms. The number of hydrogen-bond donors (Lipinski definition) is 1. The van der Waals surface area contributed by atoms with Crippen LogP contribution in [0.3, 0.4) is 0 Å². The van der Waals surface area contributed by atoms with Gasteiger partial charge in [-0.25, -0.2) is 4.79 Å². The fourth-order valence-electron chi connectivity index (χ4n) is 3.04. The summed E-state index contributed by atoms with van der Waals surface area (Å²) in [6, 6.07) is 15.2. The molecular formula is C21H15BrCl2N4O2. The van der Waals surface area contributed by atoms with Crippen molar-refractivity contribution in [3.63, 3.8) is 0 Å². The number of carbonyl (C=O) groups excluding carboxylic acids is 1. The summed E-state index contributed by atoms with van der Waals surface area (Å²) in [4.78, 5) is 12.5. The van der Waals surface area contributed by atoms with Gasteiger partial charge in [-0.1, -0.05) is 69.5 Å². The predicted octanol–water partition coefficient (Wildman–Crippen LogP) is 5.92. The van der Waals surface area contributed by atoms with Crippen molar-refractivity contribution >= 4 is 62.1 Å². The first-order valence-electron chi connectivity index (χ1n) is 8.88. The van der Waals surface area contributed by atoms with Gasteiger partial charge >= 0.3 is 5.97 Å². The number of methoxy groups -OCH3 is 1. The standard InChI is InChI=1S/C21H15BrCl2N4O2/c1-30-21(29)14-11-28-17(9-12-5-3-2-4-6-12)26-27-20(28)18(24)19(14)25-16-8-7-13(22)10-15(16)23/h2-8,10-11,25H,9H2,1H3. The fraction of sp³-hybridized carbons (Fsp3) is 0.0952. The second kappa shape index (κ2) is 8.63. The van der Waals surface area contributed by atoms with Crippen molar-refractivity contribution in [2.75, 3.05) is 12.4 Å². The maximum atomic E-state index is 12.5. The zero-order chi connectivity index (χ0) is 21.3. The Morgan fingerprint density at radius 1 is 1.17 bits per heavy atom. The second-order valence-corrected chi connectivity index (χ2v) is 8.15. The van der Waals surface area contributed by atoms with E-state index in [1.165, 1.54) is 7.11 Å². The molecule has 4 rings (SSSR count). The van der Waals surface area contributed by atoms with Gasteiger partial charge in [0, 0.05) is 17.1 Å². The second-order valence-electron chi connectivity index (χ2n) is 6.44. The maximum Gasteiger partial charge on any atom is 0.341 e. The molecule has 0 saturated heterocycles. The summed E-state index contributed by atoms with van der Waals surface area (Å²) in [7, 11) is 1.31. The van der Waals surface area contributed by atoms with Crippen LogP contribution in [0.4, 0.5) is 11.4 Å². The van der Waals surface area contributed by atoms with E-state index in [-0.39, 0.29) is 10.6 Å². The Bertz CT molecular complexity index is 1240. The first kappa shape index (κ1) is 20.7. The van der Waals surface area contributed by atoms with Gasteiger partial charge in [0.25, 0.3) is 0 Å². The molecule has 4 aromatic rings. The third-order valence-electron chi connectivity index (χ3n) is 4.51. The minimum Gasteiger partial charge on any atom is -0.465 e. The first-order chi connectivity index (χ1) is 14.5. The largest absolute Gasteiger partial charge is 0.465 e. The molecule has 6 nitrogen and oxygen atoms in total. The van der Waals surface area contributed by atoms with Gasteiger partial charge in [-0.05, 0) is 23.8 Å². The van der Waals surface area contributed by atoms with Crippen molar-refractivity contribution in [3.05, 3.63) is 86.2 Å². The highest BCUT2D eigenvalue weighted by Gasteiger charge is 2.22. The quantitative estimate of drug-likeness (QED) is 0.341. The van der Waals surface area contributed by atoms with E-state index in [1.807, 2.05) is 36.4 Å². The third-order valence-corrected chi connectivity index (χ3v) is 5.67. The maximum absolute atomic E-state index is 12.5. The van der Waals surface area contributed by atoms with E-state index in [4.69, 9.17) is 27.9 Å². The van der Waals surface area contributed by atoms with Crippen LogP contribution in [0.15, 0.2) is 59.2 Å². The lowest BCUT2D eigenvalue weighted by Gasteiger charge is -2.15. The molecule has 0 saturated carbocycles. The topological polar surface area (TPSA) is 68.5 Å². The Hall–Kier alpha value is -2.61. The van der Waals surface area contributed by atoms with Crippen LogP contribution < -0.4 is 5.32 Å². The Morgan fingerprint density at radius 2 is 1.93 bits per heavy atom. The lowest BCUT2D eigenvalue weighted by molar-refractivity contribution is 0.0601. The number of fused-ring (bicyclic) bond motifs is 1. The van der Waals surface area contributed by atoms with Crippen LogP contribution in [0.2, 0.25) is 10.0 Å². The Morgan fingerprint density at radius 3 is 2.63 bits per heavy atom. The van der Waals surface area contributed by atoms with Gasteiger partial charge in [0.15, 0.2) is 5.65 Å². The average Bonchev–Trinajstić information content (AvgIpc) is 3.14. The van der Waals surface area contributed by atoms with Crippen LogP contribution in [0.1, 0.15) is 21.7 Å². The van der Waals surface area contributed by atoms with Crippen molar-refractivity contribution in [3.8, 4) is 0 Å². The summed E-state index contributed by atoms with van der Waals surface area (Å²) in [6.45, 7) is 0. The number of carbonyl (C=O) groups is 1.